The topological polar surface area (TPSA) is 45.2 Å². The van der Waals surface area contributed by atoms with Crippen molar-refractivity contribution in [3.05, 3.63) is 53.7 Å². The number of fused-ring (bicyclic) bond motifs is 1. The van der Waals surface area contributed by atoms with Crippen molar-refractivity contribution in [2.24, 2.45) is 0 Å². The van der Waals surface area contributed by atoms with Gasteiger partial charge in [-0.1, -0.05) is 24.0 Å². The molecule has 2 N–H and O–H groups in total. The summed E-state index contributed by atoms with van der Waals surface area (Å²) in [6.07, 6.45) is 0.503. The molecular weight excluding hydrogens is 286 g/mol. The average molecular weight is 305 g/mol. The first-order valence-corrected chi connectivity index (χ1v) is 7.59. The number of aryl methyl sites for hydroxylation is 1. The number of aliphatic hydroxyl groups excluding tert-OH is 1. The average Bonchev–Trinajstić information content (AvgIpc) is 2.90. The summed E-state index contributed by atoms with van der Waals surface area (Å²) in [4.78, 5) is 3.42. The minimum Gasteiger partial charge on any atom is -0.497 e. The number of aliphatic hydroxyl groups is 1. The molecule has 0 saturated carbocycles. The van der Waals surface area contributed by atoms with Crippen LogP contribution in [0.4, 0.5) is 0 Å². The van der Waals surface area contributed by atoms with Gasteiger partial charge in [0.05, 0.1) is 13.7 Å². The summed E-state index contributed by atoms with van der Waals surface area (Å²) >= 11 is 0. The van der Waals surface area contributed by atoms with Crippen LogP contribution < -0.4 is 4.74 Å². The molecule has 0 unspecified atom stereocenters. The number of aromatic amines is 1. The zero-order valence-electron chi connectivity index (χ0n) is 13.3. The molecule has 116 valence electrons. The van der Waals surface area contributed by atoms with Gasteiger partial charge in [0, 0.05) is 34.1 Å². The molecule has 0 radical (unpaired) electrons. The van der Waals surface area contributed by atoms with Gasteiger partial charge in [-0.25, -0.2) is 0 Å². The lowest BCUT2D eigenvalue weighted by atomic mass is 10.0. The van der Waals surface area contributed by atoms with Crippen LogP contribution in [0.15, 0.2) is 42.5 Å². The third-order valence-electron chi connectivity index (χ3n) is 3.84. The third-order valence-corrected chi connectivity index (χ3v) is 3.84. The van der Waals surface area contributed by atoms with Gasteiger partial charge >= 0.3 is 0 Å². The molecule has 0 fully saturated rings. The van der Waals surface area contributed by atoms with Crippen molar-refractivity contribution in [1.82, 2.24) is 4.98 Å². The lowest BCUT2D eigenvalue weighted by Gasteiger charge is -2.04. The van der Waals surface area contributed by atoms with Gasteiger partial charge in [0.2, 0.25) is 0 Å². The van der Waals surface area contributed by atoms with Gasteiger partial charge in [-0.2, -0.15) is 0 Å². The van der Waals surface area contributed by atoms with E-state index in [0.717, 1.165) is 33.5 Å². The fourth-order valence-corrected chi connectivity index (χ4v) is 2.75. The first-order valence-electron chi connectivity index (χ1n) is 7.59. The van der Waals surface area contributed by atoms with Gasteiger partial charge in [-0.3, -0.25) is 0 Å². The fourth-order valence-electron chi connectivity index (χ4n) is 2.75. The van der Waals surface area contributed by atoms with Gasteiger partial charge in [0.25, 0.3) is 0 Å². The number of nitrogens with one attached hydrogen (secondary N) is 1. The van der Waals surface area contributed by atoms with Crippen molar-refractivity contribution in [1.29, 1.82) is 0 Å². The van der Waals surface area contributed by atoms with Crippen LogP contribution in [0, 0.1) is 18.8 Å². The molecule has 0 spiro atoms. The molecule has 1 aromatic heterocycles. The number of ether oxygens (including phenoxy) is 1. The van der Waals surface area contributed by atoms with Gasteiger partial charge in [0.1, 0.15) is 5.75 Å². The van der Waals surface area contributed by atoms with Crippen LogP contribution in [0.5, 0.6) is 5.75 Å². The van der Waals surface area contributed by atoms with E-state index >= 15 is 0 Å². The molecule has 1 heterocycles. The van der Waals surface area contributed by atoms with Crippen LogP contribution in [-0.2, 0) is 0 Å². The van der Waals surface area contributed by atoms with Gasteiger partial charge < -0.3 is 14.8 Å². The molecule has 3 heteroatoms. The van der Waals surface area contributed by atoms with E-state index in [0.29, 0.717) is 6.42 Å². The van der Waals surface area contributed by atoms with E-state index in [9.17, 15) is 0 Å². The molecule has 0 atom stereocenters. The molecule has 2 aromatic carbocycles. The van der Waals surface area contributed by atoms with E-state index in [4.69, 9.17) is 9.84 Å². The molecule has 23 heavy (non-hydrogen) atoms. The van der Waals surface area contributed by atoms with Crippen LogP contribution in [0.3, 0.4) is 0 Å². The van der Waals surface area contributed by atoms with E-state index in [-0.39, 0.29) is 6.61 Å². The molecule has 0 bridgehead atoms. The standard InChI is InChI=1S/C20H19NO2/c1-14-20(18-13-17(23-2)10-11-19(18)21-14)16-8-6-15(7-9-16)5-3-4-12-22/h6-11,13,21-22H,4,12H2,1-2H3. The number of hydrogen-bond acceptors (Lipinski definition) is 2. The Bertz CT molecular complexity index is 880. The van der Waals surface area contributed by atoms with E-state index in [2.05, 4.69) is 41.9 Å². The van der Waals surface area contributed by atoms with Crippen LogP contribution in [0.25, 0.3) is 22.0 Å². The molecule has 0 amide bonds. The molecule has 0 saturated heterocycles. The first kappa shape index (κ1) is 15.2. The van der Waals surface area contributed by atoms with Crippen LogP contribution in [-0.4, -0.2) is 23.8 Å². The largest absolute Gasteiger partial charge is 0.497 e. The van der Waals surface area contributed by atoms with Crippen molar-refractivity contribution < 1.29 is 9.84 Å². The Kier molecular flexibility index (Phi) is 4.36. The van der Waals surface area contributed by atoms with Gasteiger partial charge in [0.15, 0.2) is 0 Å². The highest BCUT2D eigenvalue weighted by Gasteiger charge is 2.11. The number of benzene rings is 2. The predicted molar refractivity (Wildman–Crippen MR) is 93.6 cm³/mol. The molecular formula is C20H19NO2. The maximum atomic E-state index is 8.77. The second-order valence-electron chi connectivity index (χ2n) is 5.39. The summed E-state index contributed by atoms with van der Waals surface area (Å²) in [5, 5.41) is 9.92. The number of H-pyrrole nitrogens is 1. The van der Waals surface area contributed by atoms with Crippen LogP contribution in [0.2, 0.25) is 0 Å². The smallest absolute Gasteiger partial charge is 0.119 e. The van der Waals surface area contributed by atoms with E-state index < -0.39 is 0 Å². The van der Waals surface area contributed by atoms with Crippen molar-refractivity contribution in [2.75, 3.05) is 13.7 Å². The van der Waals surface area contributed by atoms with Crippen molar-refractivity contribution in [3.8, 4) is 28.7 Å². The summed E-state index contributed by atoms with van der Waals surface area (Å²) in [7, 11) is 1.68. The molecule has 0 aliphatic rings. The maximum absolute atomic E-state index is 8.77. The van der Waals surface area contributed by atoms with E-state index in [1.807, 2.05) is 24.3 Å². The van der Waals surface area contributed by atoms with Crippen molar-refractivity contribution in [3.63, 3.8) is 0 Å². The Morgan fingerprint density at radius 3 is 2.61 bits per heavy atom. The van der Waals surface area contributed by atoms with Gasteiger partial charge in [-0.05, 0) is 42.8 Å². The number of rotatable bonds is 3. The summed E-state index contributed by atoms with van der Waals surface area (Å²) < 4.78 is 5.34. The van der Waals surface area contributed by atoms with Crippen molar-refractivity contribution >= 4 is 10.9 Å². The predicted octanol–water partition coefficient (Wildman–Crippen LogP) is 3.89. The van der Waals surface area contributed by atoms with Crippen LogP contribution >= 0.6 is 0 Å². The normalized spacial score (nSPS) is 10.4. The molecule has 3 aromatic rings. The fraction of sp³-hybridized carbons (Fsp3) is 0.200. The zero-order chi connectivity index (χ0) is 16.2. The lowest BCUT2D eigenvalue weighted by Crippen LogP contribution is -1.83. The SMILES string of the molecule is COc1ccc2[nH]c(C)c(-c3ccc(C#CCCO)cc3)c2c1. The minimum atomic E-state index is 0.0987. The molecule has 0 aliphatic heterocycles. The Morgan fingerprint density at radius 2 is 1.91 bits per heavy atom. The first-order chi connectivity index (χ1) is 11.2. The second-order valence-corrected chi connectivity index (χ2v) is 5.39. The lowest BCUT2D eigenvalue weighted by molar-refractivity contribution is 0.305. The summed E-state index contributed by atoms with van der Waals surface area (Å²) in [5.41, 5.74) is 5.53. The summed E-state index contributed by atoms with van der Waals surface area (Å²) in [6, 6.07) is 14.2. The Labute approximate surface area is 135 Å². The van der Waals surface area contributed by atoms with Crippen molar-refractivity contribution in [2.45, 2.75) is 13.3 Å². The number of hydrogen-bond donors (Lipinski definition) is 2. The van der Waals surface area contributed by atoms with Gasteiger partial charge in [-0.15, -0.1) is 0 Å². The number of aromatic nitrogens is 1. The molecule has 3 nitrogen and oxygen atoms in total. The highest BCUT2D eigenvalue weighted by molar-refractivity contribution is 5.98. The summed E-state index contributed by atoms with van der Waals surface area (Å²) in [6.45, 7) is 2.18. The third kappa shape index (κ3) is 3.08. The second kappa shape index (κ2) is 6.60. The monoisotopic (exact) mass is 305 g/mol. The minimum absolute atomic E-state index is 0.0987. The maximum Gasteiger partial charge on any atom is 0.119 e. The van der Waals surface area contributed by atoms with E-state index in [1.54, 1.807) is 7.11 Å². The highest BCUT2D eigenvalue weighted by atomic mass is 16.5. The molecule has 3 rings (SSSR count). The Morgan fingerprint density at radius 1 is 1.13 bits per heavy atom. The Balaban J connectivity index is 2.03. The quantitative estimate of drug-likeness (QED) is 0.721. The van der Waals surface area contributed by atoms with E-state index in [1.165, 1.54) is 5.56 Å². The zero-order valence-corrected chi connectivity index (χ0v) is 13.3. The van der Waals surface area contributed by atoms with Crippen LogP contribution in [0.1, 0.15) is 17.7 Å². The summed E-state index contributed by atoms with van der Waals surface area (Å²) in [5.74, 6) is 6.84. The number of methoxy groups -OCH3 is 1. The molecule has 0 aliphatic carbocycles. The Hall–Kier alpha value is -2.70. The highest BCUT2D eigenvalue weighted by Crippen LogP contribution is 2.34.